The van der Waals surface area contributed by atoms with E-state index in [1.165, 1.54) is 5.56 Å². The lowest BCUT2D eigenvalue weighted by molar-refractivity contribution is -0.135. The molecular weight excluding hydrogens is 246 g/mol. The lowest BCUT2D eigenvalue weighted by Crippen LogP contribution is -2.41. The van der Waals surface area contributed by atoms with E-state index >= 15 is 0 Å². The quantitative estimate of drug-likeness (QED) is 0.909. The zero-order chi connectivity index (χ0) is 13.0. The second-order valence-corrected chi connectivity index (χ2v) is 5.93. The lowest BCUT2D eigenvalue weighted by atomic mass is 10.1. The first-order chi connectivity index (χ1) is 8.66. The smallest absolute Gasteiger partial charge is 0.323 e. The summed E-state index contributed by atoms with van der Waals surface area (Å²) in [6.07, 6.45) is 2.15. The number of benzene rings is 1. The highest BCUT2D eigenvalue weighted by atomic mass is 32.2. The number of rotatable bonds is 4. The Morgan fingerprint density at radius 1 is 1.33 bits per heavy atom. The Balaban J connectivity index is 2.17. The summed E-state index contributed by atoms with van der Waals surface area (Å²) in [5.41, 5.74) is 2.23. The molecule has 0 aliphatic carbocycles. The molecule has 0 radical (unpaired) electrons. The number of carboxylic acid groups (broad SMARTS) is 1. The summed E-state index contributed by atoms with van der Waals surface area (Å²) in [6.45, 7) is 2.14. The molecule has 1 aliphatic rings. The average molecular weight is 265 g/mol. The van der Waals surface area contributed by atoms with Crippen molar-refractivity contribution in [3.05, 3.63) is 29.8 Å². The molecule has 0 saturated carbocycles. The number of aliphatic carboxylic acids is 1. The summed E-state index contributed by atoms with van der Waals surface area (Å²) in [4.78, 5) is 13.1. The monoisotopic (exact) mass is 265 g/mol. The lowest BCUT2D eigenvalue weighted by Gasteiger charge is -2.34. The zero-order valence-corrected chi connectivity index (χ0v) is 11.4. The molecular formula is C14H19NO2S. The average Bonchev–Trinajstić information content (AvgIpc) is 2.38. The summed E-state index contributed by atoms with van der Waals surface area (Å²) in [7, 11) is 0. The molecule has 1 fully saturated rings. The van der Waals surface area contributed by atoms with E-state index in [-0.39, 0.29) is 6.54 Å². The second-order valence-electron chi connectivity index (χ2n) is 4.70. The third-order valence-electron chi connectivity index (χ3n) is 3.30. The van der Waals surface area contributed by atoms with Crippen LogP contribution in [0.15, 0.2) is 24.3 Å². The van der Waals surface area contributed by atoms with E-state index in [2.05, 4.69) is 0 Å². The van der Waals surface area contributed by atoms with E-state index in [4.69, 9.17) is 5.11 Å². The van der Waals surface area contributed by atoms with Gasteiger partial charge in [-0.1, -0.05) is 17.7 Å². The van der Waals surface area contributed by atoms with E-state index in [1.54, 1.807) is 0 Å². The summed E-state index contributed by atoms with van der Waals surface area (Å²) >= 11 is 1.96. The first kappa shape index (κ1) is 13.3. The van der Waals surface area contributed by atoms with Crippen LogP contribution in [0.3, 0.4) is 0 Å². The van der Waals surface area contributed by atoms with Crippen LogP contribution in [0, 0.1) is 6.92 Å². The molecule has 1 saturated heterocycles. The van der Waals surface area contributed by atoms with Crippen molar-refractivity contribution in [3.63, 3.8) is 0 Å². The number of carbonyl (C=O) groups is 1. The van der Waals surface area contributed by atoms with Gasteiger partial charge in [0.05, 0.1) is 0 Å². The SMILES string of the molecule is Cc1ccc(N(CC(=O)O)C2CCSCC2)cc1. The highest BCUT2D eigenvalue weighted by molar-refractivity contribution is 7.99. The Kier molecular flexibility index (Phi) is 4.53. The first-order valence-electron chi connectivity index (χ1n) is 6.29. The second kappa shape index (κ2) is 6.14. The van der Waals surface area contributed by atoms with Crippen molar-refractivity contribution in [3.8, 4) is 0 Å². The molecule has 1 N–H and O–H groups in total. The Morgan fingerprint density at radius 2 is 1.94 bits per heavy atom. The molecule has 1 aromatic carbocycles. The Labute approximate surface area is 112 Å². The maximum Gasteiger partial charge on any atom is 0.323 e. The first-order valence-corrected chi connectivity index (χ1v) is 7.45. The van der Waals surface area contributed by atoms with Gasteiger partial charge >= 0.3 is 5.97 Å². The molecule has 1 heterocycles. The predicted molar refractivity (Wildman–Crippen MR) is 76.5 cm³/mol. The van der Waals surface area contributed by atoms with Gasteiger partial charge in [0.15, 0.2) is 0 Å². The molecule has 1 aromatic rings. The molecule has 0 atom stereocenters. The molecule has 0 amide bonds. The molecule has 3 nitrogen and oxygen atoms in total. The largest absolute Gasteiger partial charge is 0.480 e. The summed E-state index contributed by atoms with van der Waals surface area (Å²) in [6, 6.07) is 8.51. The molecule has 0 unspecified atom stereocenters. The molecule has 0 aromatic heterocycles. The highest BCUT2D eigenvalue weighted by Crippen LogP contribution is 2.26. The maximum absolute atomic E-state index is 11.0. The van der Waals surface area contributed by atoms with Gasteiger partial charge in [-0.25, -0.2) is 0 Å². The van der Waals surface area contributed by atoms with Crippen LogP contribution in [0.2, 0.25) is 0 Å². The zero-order valence-electron chi connectivity index (χ0n) is 10.6. The van der Waals surface area contributed by atoms with Gasteiger partial charge in [0.25, 0.3) is 0 Å². The standard InChI is InChI=1S/C14H19NO2S/c1-11-2-4-12(5-3-11)15(10-14(16)17)13-6-8-18-9-7-13/h2-5,13H,6-10H2,1H3,(H,16,17). The van der Waals surface area contributed by atoms with Gasteiger partial charge in [-0.05, 0) is 43.4 Å². The van der Waals surface area contributed by atoms with E-state index in [0.717, 1.165) is 30.0 Å². The number of nitrogens with zero attached hydrogens (tertiary/aromatic N) is 1. The number of thioether (sulfide) groups is 1. The fourth-order valence-electron chi connectivity index (χ4n) is 2.31. The van der Waals surface area contributed by atoms with Crippen molar-refractivity contribution >= 4 is 23.4 Å². The van der Waals surface area contributed by atoms with E-state index in [9.17, 15) is 4.79 Å². The minimum absolute atomic E-state index is 0.0956. The number of hydrogen-bond acceptors (Lipinski definition) is 3. The van der Waals surface area contributed by atoms with Crippen molar-refractivity contribution in [2.75, 3.05) is 23.0 Å². The van der Waals surface area contributed by atoms with E-state index in [0.29, 0.717) is 6.04 Å². The number of anilines is 1. The van der Waals surface area contributed by atoms with Crippen molar-refractivity contribution in [2.45, 2.75) is 25.8 Å². The van der Waals surface area contributed by atoms with Crippen LogP contribution in [0.25, 0.3) is 0 Å². The fraction of sp³-hybridized carbons (Fsp3) is 0.500. The predicted octanol–water partition coefficient (Wildman–Crippen LogP) is 2.78. The van der Waals surface area contributed by atoms with Crippen molar-refractivity contribution in [1.29, 1.82) is 0 Å². The number of aryl methyl sites for hydroxylation is 1. The van der Waals surface area contributed by atoms with E-state index in [1.807, 2.05) is 47.9 Å². The van der Waals surface area contributed by atoms with Crippen LogP contribution in [0.4, 0.5) is 5.69 Å². The van der Waals surface area contributed by atoms with Crippen LogP contribution < -0.4 is 4.90 Å². The van der Waals surface area contributed by atoms with Gasteiger partial charge in [0.1, 0.15) is 6.54 Å². The Morgan fingerprint density at radius 3 is 2.50 bits per heavy atom. The summed E-state index contributed by atoms with van der Waals surface area (Å²) < 4.78 is 0. The molecule has 0 bridgehead atoms. The van der Waals surface area contributed by atoms with Crippen molar-refractivity contribution in [1.82, 2.24) is 0 Å². The van der Waals surface area contributed by atoms with Crippen molar-refractivity contribution < 1.29 is 9.90 Å². The third-order valence-corrected chi connectivity index (χ3v) is 4.35. The summed E-state index contributed by atoms with van der Waals surface area (Å²) in [5.74, 6) is 1.51. The number of hydrogen-bond donors (Lipinski definition) is 1. The van der Waals surface area contributed by atoms with Crippen molar-refractivity contribution in [2.24, 2.45) is 0 Å². The van der Waals surface area contributed by atoms with E-state index < -0.39 is 5.97 Å². The van der Waals surface area contributed by atoms with Crippen LogP contribution in [0.1, 0.15) is 18.4 Å². The van der Waals surface area contributed by atoms with Crippen LogP contribution in [-0.2, 0) is 4.79 Å². The minimum Gasteiger partial charge on any atom is -0.480 e. The summed E-state index contributed by atoms with van der Waals surface area (Å²) in [5, 5.41) is 9.08. The van der Waals surface area contributed by atoms with Gasteiger partial charge in [0.2, 0.25) is 0 Å². The molecule has 4 heteroatoms. The van der Waals surface area contributed by atoms with Gasteiger partial charge in [-0.3, -0.25) is 4.79 Å². The van der Waals surface area contributed by atoms with Crippen LogP contribution in [-0.4, -0.2) is 35.2 Å². The normalized spacial score (nSPS) is 16.5. The Hall–Kier alpha value is -1.16. The third kappa shape index (κ3) is 3.42. The minimum atomic E-state index is -0.756. The van der Waals surface area contributed by atoms with Gasteiger partial charge < -0.3 is 10.0 Å². The molecule has 0 spiro atoms. The van der Waals surface area contributed by atoms with Gasteiger partial charge in [0, 0.05) is 11.7 Å². The number of carboxylic acids is 1. The molecule has 18 heavy (non-hydrogen) atoms. The molecule has 98 valence electrons. The highest BCUT2D eigenvalue weighted by Gasteiger charge is 2.23. The van der Waals surface area contributed by atoms with Gasteiger partial charge in [-0.2, -0.15) is 11.8 Å². The fourth-order valence-corrected chi connectivity index (χ4v) is 3.39. The van der Waals surface area contributed by atoms with Crippen LogP contribution >= 0.6 is 11.8 Å². The van der Waals surface area contributed by atoms with Gasteiger partial charge in [-0.15, -0.1) is 0 Å². The van der Waals surface area contributed by atoms with Crippen LogP contribution in [0.5, 0.6) is 0 Å². The molecule has 2 rings (SSSR count). The maximum atomic E-state index is 11.0. The Bertz CT molecular complexity index is 399. The molecule has 1 aliphatic heterocycles. The topological polar surface area (TPSA) is 40.5 Å².